The SMILES string of the molecule is CCc1c(N2CCN(C(=O)c3ncnc(C)c3O)[C@@H](C)[C@H]2C)c(=O)n2nc(C3=CCOCC3)nc2n1CC(O)Nc1ccc(C(F)(F)F)cc1Cl. The number of rotatable bonds is 8. The average Bonchev–Trinajstić information content (AvgIpc) is 3.55. The molecule has 0 radical (unpaired) electrons. The summed E-state index contributed by atoms with van der Waals surface area (Å²) in [5.74, 6) is -0.278. The van der Waals surface area contributed by atoms with Crippen molar-refractivity contribution in [3.05, 3.63) is 74.4 Å². The fourth-order valence-corrected chi connectivity index (χ4v) is 6.74. The van der Waals surface area contributed by atoms with Crippen LogP contribution in [0.3, 0.4) is 0 Å². The Morgan fingerprint density at radius 1 is 1.20 bits per heavy atom. The number of nitrogens with zero attached hydrogens (tertiary/aromatic N) is 8. The molecule has 3 N–H and O–H groups in total. The van der Waals surface area contributed by atoms with Crippen molar-refractivity contribution in [1.29, 1.82) is 0 Å². The topological polar surface area (TPSA) is 163 Å². The van der Waals surface area contributed by atoms with Gasteiger partial charge < -0.3 is 34.6 Å². The predicted octanol–water partition coefficient (Wildman–Crippen LogP) is 3.90. The summed E-state index contributed by atoms with van der Waals surface area (Å²) in [4.78, 5) is 44.1. The Bertz CT molecular complexity index is 2070. The molecule has 14 nitrogen and oxygen atoms in total. The number of nitrogens with one attached hydrogen (secondary N) is 1. The Morgan fingerprint density at radius 2 is 1.96 bits per heavy atom. The van der Waals surface area contributed by atoms with Gasteiger partial charge in [0.2, 0.25) is 5.78 Å². The number of aryl methyl sites for hydroxylation is 1. The monoisotopic (exact) mass is 731 g/mol. The van der Waals surface area contributed by atoms with E-state index in [1.54, 1.807) is 16.4 Å². The highest BCUT2D eigenvalue weighted by Gasteiger charge is 2.38. The van der Waals surface area contributed by atoms with Gasteiger partial charge in [-0.15, -0.1) is 5.10 Å². The van der Waals surface area contributed by atoms with Gasteiger partial charge in [-0.3, -0.25) is 9.59 Å². The highest BCUT2D eigenvalue weighted by molar-refractivity contribution is 6.33. The molecule has 272 valence electrons. The van der Waals surface area contributed by atoms with Gasteiger partial charge in [0.25, 0.3) is 11.5 Å². The second kappa shape index (κ2) is 14.1. The molecular weight excluding hydrogens is 695 g/mol. The van der Waals surface area contributed by atoms with Gasteiger partial charge in [-0.1, -0.05) is 24.6 Å². The van der Waals surface area contributed by atoms with Gasteiger partial charge in [-0.25, -0.2) is 9.97 Å². The standard InChI is InChI=1S/C33H37ClF3N9O5/c1-5-24-27(43-10-11-44(19(4)18(43)3)30(49)26-28(48)17(2)38-16-39-26)31(50)46-32(41-29(42-46)20-8-12-51-13-9-20)45(24)15-25(47)40-23-7-6-21(14-22(23)34)33(35,36)37/h6-8,14,16,18-19,25,40,47-48H,5,9-13,15H2,1-4H3/t18-,19+,25?/m1/s1. The molecule has 4 aromatic rings. The van der Waals surface area contributed by atoms with Gasteiger partial charge in [-0.05, 0) is 57.4 Å². The summed E-state index contributed by atoms with van der Waals surface area (Å²) in [6, 6.07) is 1.92. The molecule has 0 bridgehead atoms. The van der Waals surface area contributed by atoms with Crippen LogP contribution in [0.4, 0.5) is 24.5 Å². The van der Waals surface area contributed by atoms with Gasteiger partial charge in [0.15, 0.2) is 17.3 Å². The van der Waals surface area contributed by atoms with Crippen molar-refractivity contribution in [3.63, 3.8) is 0 Å². The molecule has 1 saturated heterocycles. The molecule has 2 aliphatic rings. The van der Waals surface area contributed by atoms with Gasteiger partial charge in [0, 0.05) is 30.9 Å². The molecule has 6 rings (SSSR count). The van der Waals surface area contributed by atoms with Crippen LogP contribution < -0.4 is 15.8 Å². The van der Waals surface area contributed by atoms with Gasteiger partial charge in [-0.2, -0.15) is 22.7 Å². The lowest BCUT2D eigenvalue weighted by Gasteiger charge is -2.46. The van der Waals surface area contributed by atoms with E-state index in [1.165, 1.54) is 10.8 Å². The minimum absolute atomic E-state index is 0.0789. The first kappa shape index (κ1) is 36.1. The lowest BCUT2D eigenvalue weighted by atomic mass is 10.0. The summed E-state index contributed by atoms with van der Waals surface area (Å²) in [5.41, 5.74) is 0.485. The normalized spacial score (nSPS) is 19.0. The molecular formula is C33H37ClF3N9O5. The van der Waals surface area contributed by atoms with Gasteiger partial charge in [0.05, 0.1) is 41.7 Å². The van der Waals surface area contributed by atoms with Crippen LogP contribution in [-0.4, -0.2) is 94.8 Å². The summed E-state index contributed by atoms with van der Waals surface area (Å²) in [7, 11) is 0. The number of amides is 1. The molecule has 2 aliphatic heterocycles. The lowest BCUT2D eigenvalue weighted by molar-refractivity contribution is -0.137. The van der Waals surface area contributed by atoms with Crippen molar-refractivity contribution in [2.75, 3.05) is 36.5 Å². The zero-order valence-corrected chi connectivity index (χ0v) is 29.0. The summed E-state index contributed by atoms with van der Waals surface area (Å²) in [6.07, 6.45) is -2.07. The van der Waals surface area contributed by atoms with Crippen LogP contribution in [-0.2, 0) is 23.9 Å². The molecule has 3 atom stereocenters. The number of aromatic nitrogens is 6. The van der Waals surface area contributed by atoms with Crippen molar-refractivity contribution < 1.29 is 32.9 Å². The Kier molecular flexibility index (Phi) is 9.98. The Balaban J connectivity index is 1.39. The first-order valence-electron chi connectivity index (χ1n) is 16.4. The number of aliphatic hydroxyl groups excluding tert-OH is 1. The molecule has 1 amide bonds. The van der Waals surface area contributed by atoms with Crippen molar-refractivity contribution in [1.82, 2.24) is 34.0 Å². The predicted molar refractivity (Wildman–Crippen MR) is 182 cm³/mol. The van der Waals surface area contributed by atoms with Crippen LogP contribution in [0.25, 0.3) is 11.4 Å². The summed E-state index contributed by atoms with van der Waals surface area (Å²) >= 11 is 6.17. The van der Waals surface area contributed by atoms with E-state index in [1.807, 2.05) is 31.7 Å². The third-order valence-corrected chi connectivity index (χ3v) is 9.72. The minimum atomic E-state index is -4.59. The van der Waals surface area contributed by atoms with E-state index >= 15 is 0 Å². The Labute approximate surface area is 295 Å². The quantitative estimate of drug-likeness (QED) is 0.225. The summed E-state index contributed by atoms with van der Waals surface area (Å²) < 4.78 is 48.0. The number of hydrogen-bond donors (Lipinski definition) is 3. The van der Waals surface area contributed by atoms with Crippen LogP contribution in [0, 0.1) is 6.92 Å². The van der Waals surface area contributed by atoms with Crippen molar-refractivity contribution in [3.8, 4) is 5.75 Å². The number of hydrogen-bond acceptors (Lipinski definition) is 11. The molecule has 0 saturated carbocycles. The number of carbonyl (C=O) groups is 1. The molecule has 1 unspecified atom stereocenters. The maximum atomic E-state index is 14.4. The average molecular weight is 732 g/mol. The maximum absolute atomic E-state index is 14.4. The highest BCUT2D eigenvalue weighted by atomic mass is 35.5. The number of aromatic hydroxyl groups is 1. The Morgan fingerprint density at radius 3 is 2.63 bits per heavy atom. The molecule has 0 aliphatic carbocycles. The largest absolute Gasteiger partial charge is 0.504 e. The van der Waals surface area contributed by atoms with Crippen LogP contribution in [0.2, 0.25) is 5.02 Å². The lowest BCUT2D eigenvalue weighted by Crippen LogP contribution is -2.60. The Hall–Kier alpha value is -4.74. The maximum Gasteiger partial charge on any atom is 0.416 e. The van der Waals surface area contributed by atoms with Crippen LogP contribution >= 0.6 is 11.6 Å². The van der Waals surface area contributed by atoms with E-state index in [9.17, 15) is 33.0 Å². The molecule has 1 aromatic carbocycles. The first-order chi connectivity index (χ1) is 24.2. The summed E-state index contributed by atoms with van der Waals surface area (Å²) in [6.45, 7) is 8.21. The second-order valence-corrected chi connectivity index (χ2v) is 12.9. The fraction of sp³-hybridized carbons (Fsp3) is 0.455. The number of alkyl halides is 3. The zero-order chi connectivity index (χ0) is 36.8. The van der Waals surface area contributed by atoms with Crippen molar-refractivity contribution in [2.45, 2.75) is 71.6 Å². The van der Waals surface area contributed by atoms with Crippen molar-refractivity contribution in [2.24, 2.45) is 0 Å². The number of piperazine rings is 1. The van der Waals surface area contributed by atoms with E-state index in [0.717, 1.165) is 23.8 Å². The van der Waals surface area contributed by atoms with Crippen LogP contribution in [0.5, 0.6) is 5.75 Å². The van der Waals surface area contributed by atoms with E-state index in [0.29, 0.717) is 43.3 Å². The number of aliphatic hydroxyl groups is 1. The van der Waals surface area contributed by atoms with E-state index in [2.05, 4.69) is 20.4 Å². The number of anilines is 2. The van der Waals surface area contributed by atoms with Crippen LogP contribution in [0.1, 0.15) is 60.5 Å². The van der Waals surface area contributed by atoms with Crippen LogP contribution in [0.15, 0.2) is 35.4 Å². The van der Waals surface area contributed by atoms with Crippen molar-refractivity contribution >= 4 is 40.2 Å². The molecule has 18 heteroatoms. The molecule has 5 heterocycles. The van der Waals surface area contributed by atoms with Gasteiger partial charge in [0.1, 0.15) is 18.2 Å². The van der Waals surface area contributed by atoms with E-state index in [-0.39, 0.29) is 53.3 Å². The number of halogens is 4. The third kappa shape index (κ3) is 6.84. The van der Waals surface area contributed by atoms with E-state index < -0.39 is 41.5 Å². The number of benzene rings is 1. The number of fused-ring (bicyclic) bond motifs is 1. The number of carbonyl (C=O) groups excluding carboxylic acids is 1. The molecule has 1 fully saturated rings. The summed E-state index contributed by atoms with van der Waals surface area (Å²) in [5, 5.41) is 28.9. The second-order valence-electron chi connectivity index (χ2n) is 12.4. The smallest absolute Gasteiger partial charge is 0.416 e. The van der Waals surface area contributed by atoms with E-state index in [4.69, 9.17) is 21.3 Å². The third-order valence-electron chi connectivity index (χ3n) is 9.40. The number of ether oxygens (including phenoxy) is 1. The molecule has 3 aromatic heterocycles. The zero-order valence-electron chi connectivity index (χ0n) is 28.3. The molecule has 51 heavy (non-hydrogen) atoms. The highest BCUT2D eigenvalue weighted by Crippen LogP contribution is 2.34. The van der Waals surface area contributed by atoms with Gasteiger partial charge >= 0.3 is 6.18 Å². The minimum Gasteiger partial charge on any atom is -0.504 e. The first-order valence-corrected chi connectivity index (χ1v) is 16.8. The molecule has 0 spiro atoms. The fourth-order valence-electron chi connectivity index (χ4n) is 6.50.